The predicted octanol–water partition coefficient (Wildman–Crippen LogP) is 1.66. The van der Waals surface area contributed by atoms with E-state index in [2.05, 4.69) is 9.97 Å². The molecule has 0 aliphatic heterocycles. The third kappa shape index (κ3) is 1.50. The first kappa shape index (κ1) is 10.5. The molecule has 0 saturated heterocycles. The fourth-order valence-electron chi connectivity index (χ4n) is 1.60. The van der Waals surface area contributed by atoms with Gasteiger partial charge in [-0.15, -0.1) is 0 Å². The number of fused-ring (bicyclic) bond motifs is 1. The summed E-state index contributed by atoms with van der Waals surface area (Å²) in [6.45, 7) is 0. The highest BCUT2D eigenvalue weighted by Gasteiger charge is 2.16. The lowest BCUT2D eigenvalue weighted by molar-refractivity contribution is 0.327. The molecule has 0 radical (unpaired) electrons. The fourth-order valence-corrected chi connectivity index (χ4v) is 1.60. The van der Waals surface area contributed by atoms with Gasteiger partial charge in [-0.05, 0) is 0 Å². The number of ether oxygens (including phenoxy) is 3. The summed E-state index contributed by atoms with van der Waals surface area (Å²) in [5, 5.41) is 0.794. The van der Waals surface area contributed by atoms with E-state index < -0.39 is 0 Å². The summed E-state index contributed by atoms with van der Waals surface area (Å²) >= 11 is 0. The minimum Gasteiger partial charge on any atom is -0.493 e. The average Bonchev–Trinajstić information content (AvgIpc) is 2.36. The van der Waals surface area contributed by atoms with Crippen LogP contribution in [0.1, 0.15) is 0 Å². The molecule has 0 amide bonds. The number of hydrogen-bond donors (Lipinski definition) is 0. The van der Waals surface area contributed by atoms with Crippen molar-refractivity contribution in [1.29, 1.82) is 0 Å². The number of aromatic nitrogens is 2. The maximum atomic E-state index is 5.31. The number of hydrogen-bond acceptors (Lipinski definition) is 5. The summed E-state index contributed by atoms with van der Waals surface area (Å²) < 4.78 is 15.8. The number of methoxy groups -OCH3 is 3. The van der Waals surface area contributed by atoms with Crippen LogP contribution in [0.3, 0.4) is 0 Å². The smallest absolute Gasteiger partial charge is 0.204 e. The van der Waals surface area contributed by atoms with Crippen molar-refractivity contribution in [3.05, 3.63) is 18.6 Å². The lowest BCUT2D eigenvalue weighted by Crippen LogP contribution is -1.96. The Bertz CT molecular complexity index is 514. The maximum Gasteiger partial charge on any atom is 0.204 e. The summed E-state index contributed by atoms with van der Waals surface area (Å²) in [6, 6.07) is 1.79. The second kappa shape index (κ2) is 4.22. The van der Waals surface area contributed by atoms with Crippen molar-refractivity contribution in [2.45, 2.75) is 0 Å². The first-order valence-electron chi connectivity index (χ1n) is 4.70. The quantitative estimate of drug-likeness (QED) is 0.787. The molecule has 0 spiro atoms. The largest absolute Gasteiger partial charge is 0.493 e. The molecule has 0 N–H and O–H groups in total. The molecule has 0 aliphatic carbocycles. The summed E-state index contributed by atoms with van der Waals surface area (Å²) in [7, 11) is 4.71. The lowest BCUT2D eigenvalue weighted by Gasteiger charge is -2.13. The third-order valence-corrected chi connectivity index (χ3v) is 2.31. The van der Waals surface area contributed by atoms with E-state index in [1.54, 1.807) is 33.6 Å². The number of nitrogens with zero attached hydrogens (tertiary/aromatic N) is 2. The van der Waals surface area contributed by atoms with E-state index in [1.165, 1.54) is 6.33 Å². The Morgan fingerprint density at radius 1 is 1.00 bits per heavy atom. The molecular formula is C11H12N2O3. The molecule has 0 aliphatic rings. The summed E-state index contributed by atoms with van der Waals surface area (Å²) in [4.78, 5) is 8.11. The van der Waals surface area contributed by atoms with Gasteiger partial charge in [-0.3, -0.25) is 0 Å². The molecule has 0 bridgehead atoms. The molecule has 0 saturated carbocycles. The van der Waals surface area contributed by atoms with Crippen molar-refractivity contribution in [1.82, 2.24) is 9.97 Å². The van der Waals surface area contributed by atoms with Crippen LogP contribution in [0.15, 0.2) is 18.6 Å². The van der Waals surface area contributed by atoms with Gasteiger partial charge in [-0.25, -0.2) is 9.97 Å². The predicted molar refractivity (Wildman–Crippen MR) is 59.2 cm³/mol. The van der Waals surface area contributed by atoms with Gasteiger partial charge in [0.1, 0.15) is 6.33 Å². The van der Waals surface area contributed by atoms with Crippen LogP contribution in [0, 0.1) is 0 Å². The van der Waals surface area contributed by atoms with Crippen LogP contribution in [-0.4, -0.2) is 31.3 Å². The van der Waals surface area contributed by atoms with Crippen molar-refractivity contribution in [3.63, 3.8) is 0 Å². The van der Waals surface area contributed by atoms with Crippen LogP contribution in [0.4, 0.5) is 0 Å². The molecule has 5 heteroatoms. The topological polar surface area (TPSA) is 53.5 Å². The Balaban J connectivity index is 2.82. The molecular weight excluding hydrogens is 208 g/mol. The second-order valence-corrected chi connectivity index (χ2v) is 3.10. The van der Waals surface area contributed by atoms with E-state index >= 15 is 0 Å². The number of benzene rings is 1. The minimum atomic E-state index is 0.548. The van der Waals surface area contributed by atoms with Crippen molar-refractivity contribution >= 4 is 10.9 Å². The molecule has 0 atom stereocenters. The van der Waals surface area contributed by atoms with Gasteiger partial charge < -0.3 is 14.2 Å². The first-order chi connectivity index (χ1) is 7.81. The van der Waals surface area contributed by atoms with E-state index in [4.69, 9.17) is 14.2 Å². The molecule has 0 fully saturated rings. The summed E-state index contributed by atoms with van der Waals surface area (Å²) in [5.41, 5.74) is 0.754. The molecule has 1 aromatic carbocycles. The van der Waals surface area contributed by atoms with Crippen LogP contribution in [0.5, 0.6) is 17.2 Å². The SMILES string of the molecule is COc1cc2ncncc2c(OC)c1OC. The Morgan fingerprint density at radius 3 is 2.38 bits per heavy atom. The Kier molecular flexibility index (Phi) is 2.76. The molecule has 1 heterocycles. The molecule has 2 aromatic rings. The van der Waals surface area contributed by atoms with E-state index in [1.807, 2.05) is 0 Å². The van der Waals surface area contributed by atoms with Crippen molar-refractivity contribution < 1.29 is 14.2 Å². The van der Waals surface area contributed by atoms with Gasteiger partial charge in [0.05, 0.1) is 32.2 Å². The van der Waals surface area contributed by atoms with E-state index in [9.17, 15) is 0 Å². The third-order valence-electron chi connectivity index (χ3n) is 2.31. The van der Waals surface area contributed by atoms with Crippen LogP contribution in [-0.2, 0) is 0 Å². The van der Waals surface area contributed by atoms with Crippen LogP contribution < -0.4 is 14.2 Å². The highest BCUT2D eigenvalue weighted by atomic mass is 16.5. The molecule has 16 heavy (non-hydrogen) atoms. The maximum absolute atomic E-state index is 5.31. The molecule has 5 nitrogen and oxygen atoms in total. The molecule has 1 aromatic heterocycles. The van der Waals surface area contributed by atoms with E-state index in [0.29, 0.717) is 17.2 Å². The number of rotatable bonds is 3. The monoisotopic (exact) mass is 220 g/mol. The average molecular weight is 220 g/mol. The Hall–Kier alpha value is -2.04. The van der Waals surface area contributed by atoms with Gasteiger partial charge in [0.2, 0.25) is 5.75 Å². The zero-order valence-electron chi connectivity index (χ0n) is 9.35. The zero-order chi connectivity index (χ0) is 11.5. The minimum absolute atomic E-state index is 0.548. The Labute approximate surface area is 93.0 Å². The second-order valence-electron chi connectivity index (χ2n) is 3.10. The van der Waals surface area contributed by atoms with Crippen molar-refractivity contribution in [2.24, 2.45) is 0 Å². The molecule has 84 valence electrons. The normalized spacial score (nSPS) is 10.2. The van der Waals surface area contributed by atoms with Gasteiger partial charge >= 0.3 is 0 Å². The first-order valence-corrected chi connectivity index (χ1v) is 4.70. The highest BCUT2D eigenvalue weighted by molar-refractivity contribution is 5.89. The van der Waals surface area contributed by atoms with Gasteiger partial charge in [0, 0.05) is 12.3 Å². The Morgan fingerprint density at radius 2 is 1.75 bits per heavy atom. The highest BCUT2D eigenvalue weighted by Crippen LogP contribution is 2.42. The van der Waals surface area contributed by atoms with Gasteiger partial charge in [-0.2, -0.15) is 0 Å². The van der Waals surface area contributed by atoms with Gasteiger partial charge in [0.15, 0.2) is 11.5 Å². The van der Waals surface area contributed by atoms with Crippen LogP contribution in [0.2, 0.25) is 0 Å². The zero-order valence-corrected chi connectivity index (χ0v) is 9.35. The van der Waals surface area contributed by atoms with Crippen molar-refractivity contribution in [2.75, 3.05) is 21.3 Å². The van der Waals surface area contributed by atoms with E-state index in [-0.39, 0.29) is 0 Å². The van der Waals surface area contributed by atoms with Crippen molar-refractivity contribution in [3.8, 4) is 17.2 Å². The summed E-state index contributed by atoms with van der Waals surface area (Å²) in [6.07, 6.45) is 3.16. The van der Waals surface area contributed by atoms with Crippen LogP contribution in [0.25, 0.3) is 10.9 Å². The fraction of sp³-hybridized carbons (Fsp3) is 0.273. The van der Waals surface area contributed by atoms with Gasteiger partial charge in [-0.1, -0.05) is 0 Å². The standard InChI is InChI=1S/C11H12N2O3/c1-14-9-4-8-7(5-12-6-13-8)10(15-2)11(9)16-3/h4-6H,1-3H3. The summed E-state index contributed by atoms with van der Waals surface area (Å²) in [5.74, 6) is 1.72. The molecule has 2 rings (SSSR count). The lowest BCUT2D eigenvalue weighted by atomic mass is 10.2. The van der Waals surface area contributed by atoms with E-state index in [0.717, 1.165) is 10.9 Å². The van der Waals surface area contributed by atoms with Crippen LogP contribution >= 0.6 is 0 Å². The molecule has 0 unspecified atom stereocenters. The van der Waals surface area contributed by atoms with Gasteiger partial charge in [0.25, 0.3) is 0 Å².